The predicted molar refractivity (Wildman–Crippen MR) is 62.6 cm³/mol. The number of epoxide rings is 1. The van der Waals surface area contributed by atoms with Gasteiger partial charge in [0, 0.05) is 13.2 Å². The van der Waals surface area contributed by atoms with Gasteiger partial charge in [0.25, 0.3) is 0 Å². The van der Waals surface area contributed by atoms with Crippen molar-refractivity contribution in [3.05, 3.63) is 0 Å². The van der Waals surface area contributed by atoms with Crippen LogP contribution in [0.1, 0.15) is 27.7 Å². The van der Waals surface area contributed by atoms with Gasteiger partial charge in [-0.1, -0.05) is 0 Å². The van der Waals surface area contributed by atoms with Crippen LogP contribution in [0.3, 0.4) is 0 Å². The molecule has 0 aromatic heterocycles. The molecule has 0 aliphatic carbocycles. The quantitative estimate of drug-likeness (QED) is 0.373. The second-order valence-corrected chi connectivity index (χ2v) is 4.49. The van der Waals surface area contributed by atoms with Crippen molar-refractivity contribution in [2.75, 3.05) is 26.4 Å². The Bertz CT molecular complexity index is 123. The van der Waals surface area contributed by atoms with Gasteiger partial charge in [-0.05, 0) is 27.7 Å². The van der Waals surface area contributed by atoms with E-state index in [2.05, 4.69) is 0 Å². The van der Waals surface area contributed by atoms with Crippen LogP contribution in [0.4, 0.5) is 0 Å². The molecule has 0 spiro atoms. The van der Waals surface area contributed by atoms with Gasteiger partial charge in [0.15, 0.2) is 0 Å². The van der Waals surface area contributed by atoms with Gasteiger partial charge in [-0.2, -0.15) is 0 Å². The van der Waals surface area contributed by atoms with Crippen LogP contribution in [0.25, 0.3) is 0 Å². The van der Waals surface area contributed by atoms with Gasteiger partial charge >= 0.3 is 10.0 Å². The third kappa shape index (κ3) is 14.1. The summed E-state index contributed by atoms with van der Waals surface area (Å²) in [6.07, 6.45) is 0.761. The molecule has 0 aromatic carbocycles. The normalized spacial score (nSPS) is 18.6. The Hall–Kier alpha value is 0.0569. The van der Waals surface area contributed by atoms with Gasteiger partial charge in [-0.3, -0.25) is 0 Å². The minimum absolute atomic E-state index is 0.346. The highest BCUT2D eigenvalue weighted by molar-refractivity contribution is 6.17. The zero-order valence-electron chi connectivity index (χ0n) is 10.3. The molecule has 1 unspecified atom stereocenters. The van der Waals surface area contributed by atoms with Crippen molar-refractivity contribution in [1.29, 1.82) is 0 Å². The Balaban J connectivity index is 0.000000265. The minimum atomic E-state index is -0.589. The van der Waals surface area contributed by atoms with Crippen molar-refractivity contribution in [3.8, 4) is 0 Å². The maximum atomic E-state index is 5.24. The maximum absolute atomic E-state index is 5.24. The van der Waals surface area contributed by atoms with Crippen molar-refractivity contribution in [2.45, 2.75) is 39.9 Å². The molecule has 0 saturated carbocycles. The van der Waals surface area contributed by atoms with E-state index in [-0.39, 0.29) is 0 Å². The molecular weight excluding hydrogens is 212 g/mol. The first-order valence-electron chi connectivity index (χ1n) is 5.59. The summed E-state index contributed by atoms with van der Waals surface area (Å²) in [6, 6.07) is 0. The predicted octanol–water partition coefficient (Wildman–Crippen LogP) is 0.868. The molecule has 1 aliphatic heterocycles. The molecule has 1 saturated heterocycles. The summed E-state index contributed by atoms with van der Waals surface area (Å²) in [5, 5.41) is 0. The van der Waals surface area contributed by atoms with E-state index in [0.29, 0.717) is 12.2 Å². The number of rotatable bonds is 7. The zero-order chi connectivity index (χ0) is 11.5. The molecule has 1 aliphatic rings. The molecule has 4 nitrogen and oxygen atoms in total. The summed E-state index contributed by atoms with van der Waals surface area (Å²) in [4.78, 5) is 0. The first kappa shape index (κ1) is 15.1. The van der Waals surface area contributed by atoms with Crippen molar-refractivity contribution < 1.29 is 18.3 Å². The number of ether oxygens (including phenoxy) is 2. The maximum Gasteiger partial charge on any atom is 0.304 e. The fourth-order valence-corrected chi connectivity index (χ4v) is 1.14. The van der Waals surface area contributed by atoms with E-state index in [1.807, 2.05) is 27.7 Å². The second kappa shape index (κ2) is 10.6. The topological polar surface area (TPSA) is 40.2 Å². The highest BCUT2D eigenvalue weighted by atomic mass is 28.3. The summed E-state index contributed by atoms with van der Waals surface area (Å²) in [5.41, 5.74) is 0. The van der Waals surface area contributed by atoms with E-state index in [1.54, 1.807) is 0 Å². The SMILES string of the molecule is CC(C)OCC1CO1.CCO[SiH2]OCC. The molecule has 15 heavy (non-hydrogen) atoms. The minimum Gasteiger partial charge on any atom is -0.399 e. The third-order valence-electron chi connectivity index (χ3n) is 1.59. The van der Waals surface area contributed by atoms with E-state index in [4.69, 9.17) is 18.3 Å². The summed E-state index contributed by atoms with van der Waals surface area (Å²) in [5.74, 6) is 0. The van der Waals surface area contributed by atoms with Crippen LogP contribution in [-0.2, 0) is 18.3 Å². The molecule has 92 valence electrons. The van der Waals surface area contributed by atoms with E-state index >= 15 is 0 Å². The van der Waals surface area contributed by atoms with Crippen LogP contribution in [0.15, 0.2) is 0 Å². The third-order valence-corrected chi connectivity index (χ3v) is 2.74. The lowest BCUT2D eigenvalue weighted by atomic mass is 10.4. The van der Waals surface area contributed by atoms with Crippen molar-refractivity contribution in [2.24, 2.45) is 0 Å². The Kier molecular flexibility index (Phi) is 10.6. The highest BCUT2D eigenvalue weighted by Crippen LogP contribution is 2.09. The van der Waals surface area contributed by atoms with Gasteiger partial charge in [0.2, 0.25) is 0 Å². The van der Waals surface area contributed by atoms with Gasteiger partial charge in [0.1, 0.15) is 6.10 Å². The first-order chi connectivity index (χ1) is 7.20. The lowest BCUT2D eigenvalue weighted by molar-refractivity contribution is 0.0662. The molecule has 0 bridgehead atoms. The van der Waals surface area contributed by atoms with Gasteiger partial charge < -0.3 is 18.3 Å². The molecule has 1 rings (SSSR count). The van der Waals surface area contributed by atoms with Gasteiger partial charge in [0.05, 0.1) is 19.3 Å². The Morgan fingerprint density at radius 1 is 1.27 bits per heavy atom. The Morgan fingerprint density at radius 2 is 1.80 bits per heavy atom. The lowest BCUT2D eigenvalue weighted by Crippen LogP contribution is -2.07. The molecule has 1 atom stereocenters. The fourth-order valence-electron chi connectivity index (χ4n) is 0.690. The van der Waals surface area contributed by atoms with E-state index in [1.165, 1.54) is 0 Å². The molecule has 0 N–H and O–H groups in total. The summed E-state index contributed by atoms with van der Waals surface area (Å²) < 4.78 is 20.2. The Labute approximate surface area is 95.3 Å². The van der Waals surface area contributed by atoms with Crippen LogP contribution in [0.2, 0.25) is 0 Å². The monoisotopic (exact) mass is 236 g/mol. The lowest BCUT2D eigenvalue weighted by Gasteiger charge is -2.02. The molecule has 1 fully saturated rings. The number of hydrogen-bond donors (Lipinski definition) is 0. The zero-order valence-corrected chi connectivity index (χ0v) is 11.7. The van der Waals surface area contributed by atoms with Gasteiger partial charge in [-0.15, -0.1) is 0 Å². The second-order valence-electron chi connectivity index (χ2n) is 3.44. The summed E-state index contributed by atoms with van der Waals surface area (Å²) in [7, 11) is -0.589. The molecule has 0 radical (unpaired) electrons. The van der Waals surface area contributed by atoms with Crippen LogP contribution < -0.4 is 0 Å². The van der Waals surface area contributed by atoms with Crippen LogP contribution >= 0.6 is 0 Å². The van der Waals surface area contributed by atoms with Crippen molar-refractivity contribution in [3.63, 3.8) is 0 Å². The van der Waals surface area contributed by atoms with Gasteiger partial charge in [-0.25, -0.2) is 0 Å². The molecule has 0 aromatic rings. The Morgan fingerprint density at radius 3 is 2.13 bits per heavy atom. The van der Waals surface area contributed by atoms with E-state index in [0.717, 1.165) is 26.4 Å². The van der Waals surface area contributed by atoms with E-state index < -0.39 is 10.0 Å². The van der Waals surface area contributed by atoms with Crippen molar-refractivity contribution >= 4 is 10.0 Å². The van der Waals surface area contributed by atoms with Crippen LogP contribution in [0.5, 0.6) is 0 Å². The summed E-state index contributed by atoms with van der Waals surface area (Å²) >= 11 is 0. The largest absolute Gasteiger partial charge is 0.399 e. The fraction of sp³-hybridized carbons (Fsp3) is 1.00. The van der Waals surface area contributed by atoms with Crippen LogP contribution in [0, 0.1) is 0 Å². The standard InChI is InChI=1S/C6H12O2.C4H12O2Si/c1-5(2)7-3-6-4-8-6;1-3-5-7-6-4-2/h5-6H,3-4H2,1-2H3;3-4,7H2,1-2H3. The average molecular weight is 236 g/mol. The highest BCUT2D eigenvalue weighted by Gasteiger charge is 2.22. The molecule has 0 amide bonds. The first-order valence-corrected chi connectivity index (χ1v) is 6.74. The van der Waals surface area contributed by atoms with Crippen LogP contribution in [-0.4, -0.2) is 48.6 Å². The molecule has 1 heterocycles. The average Bonchev–Trinajstić information content (AvgIpc) is 3.00. The number of hydrogen-bond acceptors (Lipinski definition) is 4. The molecule has 5 heteroatoms. The van der Waals surface area contributed by atoms with E-state index in [9.17, 15) is 0 Å². The smallest absolute Gasteiger partial charge is 0.304 e. The summed E-state index contributed by atoms with van der Waals surface area (Å²) in [6.45, 7) is 11.3. The molecular formula is C10H24O4Si. The van der Waals surface area contributed by atoms with Crippen molar-refractivity contribution in [1.82, 2.24) is 0 Å².